The lowest BCUT2D eigenvalue weighted by Crippen LogP contribution is -2.42. The molecule has 3 N–H and O–H groups in total. The maximum atomic E-state index is 12.6. The Hall–Kier alpha value is -1.92. The average Bonchev–Trinajstić information content (AvgIpc) is 2.63. The van der Waals surface area contributed by atoms with E-state index in [1.54, 1.807) is 4.90 Å². The third-order valence-electron chi connectivity index (χ3n) is 4.66. The van der Waals surface area contributed by atoms with Gasteiger partial charge in [0.15, 0.2) is 0 Å². The van der Waals surface area contributed by atoms with E-state index in [1.165, 1.54) is 5.56 Å². The van der Waals surface area contributed by atoms with Crippen LogP contribution in [0.5, 0.6) is 0 Å². The molecule has 0 saturated carbocycles. The van der Waals surface area contributed by atoms with Gasteiger partial charge in [0.05, 0.1) is 12.5 Å². The van der Waals surface area contributed by atoms with Gasteiger partial charge in [-0.3, -0.25) is 9.59 Å². The Morgan fingerprint density at radius 2 is 1.82 bits per heavy atom. The molecule has 0 aromatic heterocycles. The molecule has 28 heavy (non-hydrogen) atoms. The highest BCUT2D eigenvalue weighted by atomic mass is 16.4. The SMILES string of the molecule is CCC(C)NCC(O)CN(Cc1cccc(CC(C)C)c1)C(=O)CCC(=O)O. The van der Waals surface area contributed by atoms with Crippen LogP contribution in [0.15, 0.2) is 24.3 Å². The second-order valence-electron chi connectivity index (χ2n) is 7.96. The van der Waals surface area contributed by atoms with Gasteiger partial charge in [0.2, 0.25) is 5.91 Å². The summed E-state index contributed by atoms with van der Waals surface area (Å²) in [5.41, 5.74) is 2.20. The van der Waals surface area contributed by atoms with Crippen LogP contribution in [0.2, 0.25) is 0 Å². The number of aliphatic hydroxyl groups excluding tert-OH is 1. The lowest BCUT2D eigenvalue weighted by Gasteiger charge is -2.26. The molecule has 0 heterocycles. The highest BCUT2D eigenvalue weighted by Crippen LogP contribution is 2.14. The minimum absolute atomic E-state index is 0.0630. The van der Waals surface area contributed by atoms with Gasteiger partial charge in [-0.2, -0.15) is 0 Å². The van der Waals surface area contributed by atoms with Crippen LogP contribution in [-0.2, 0) is 22.6 Å². The number of carboxylic acid groups (broad SMARTS) is 1. The zero-order valence-electron chi connectivity index (χ0n) is 17.6. The number of hydrogen-bond acceptors (Lipinski definition) is 4. The first-order chi connectivity index (χ1) is 13.2. The molecule has 0 saturated heterocycles. The summed E-state index contributed by atoms with van der Waals surface area (Å²) in [6.45, 7) is 9.37. The standard InChI is InChI=1S/C22H36N2O4/c1-5-17(4)23-13-20(25)15-24(21(26)9-10-22(27)28)14-19-8-6-7-18(12-19)11-16(2)3/h6-8,12,16-17,20,23,25H,5,9-11,13-15H2,1-4H3,(H,27,28). The molecule has 1 aromatic carbocycles. The summed E-state index contributed by atoms with van der Waals surface area (Å²) in [5, 5.41) is 22.5. The smallest absolute Gasteiger partial charge is 0.303 e. The van der Waals surface area contributed by atoms with Crippen LogP contribution < -0.4 is 5.32 Å². The van der Waals surface area contributed by atoms with Gasteiger partial charge in [0, 0.05) is 32.1 Å². The minimum Gasteiger partial charge on any atom is -0.481 e. The van der Waals surface area contributed by atoms with Crippen molar-refractivity contribution >= 4 is 11.9 Å². The number of nitrogens with one attached hydrogen (secondary N) is 1. The summed E-state index contributed by atoms with van der Waals surface area (Å²) in [7, 11) is 0. The number of rotatable bonds is 13. The Kier molecular flexibility index (Phi) is 10.8. The summed E-state index contributed by atoms with van der Waals surface area (Å²) in [5.74, 6) is -0.706. The molecule has 6 heteroatoms. The largest absolute Gasteiger partial charge is 0.481 e. The van der Waals surface area contributed by atoms with E-state index in [-0.39, 0.29) is 25.3 Å². The molecule has 2 atom stereocenters. The number of hydrogen-bond donors (Lipinski definition) is 3. The third-order valence-corrected chi connectivity index (χ3v) is 4.66. The fourth-order valence-corrected chi connectivity index (χ4v) is 2.97. The summed E-state index contributed by atoms with van der Waals surface area (Å²) < 4.78 is 0. The summed E-state index contributed by atoms with van der Waals surface area (Å²) in [6.07, 6.45) is 0.941. The van der Waals surface area contributed by atoms with Crippen molar-refractivity contribution in [1.82, 2.24) is 10.2 Å². The summed E-state index contributed by atoms with van der Waals surface area (Å²) >= 11 is 0. The number of benzene rings is 1. The first kappa shape index (κ1) is 24.1. The predicted octanol–water partition coefficient (Wildman–Crippen LogP) is 2.83. The second-order valence-corrected chi connectivity index (χ2v) is 7.96. The summed E-state index contributed by atoms with van der Waals surface area (Å²) in [4.78, 5) is 25.0. The fraction of sp³-hybridized carbons (Fsp3) is 0.636. The van der Waals surface area contributed by atoms with Crippen LogP contribution in [0.25, 0.3) is 0 Å². The number of carboxylic acids is 1. The quantitative estimate of drug-likeness (QED) is 0.480. The normalized spacial score (nSPS) is 13.4. The van der Waals surface area contributed by atoms with Crippen LogP contribution >= 0.6 is 0 Å². The van der Waals surface area contributed by atoms with E-state index in [0.717, 1.165) is 18.4 Å². The Labute approximate surface area is 168 Å². The zero-order valence-corrected chi connectivity index (χ0v) is 17.6. The fourth-order valence-electron chi connectivity index (χ4n) is 2.97. The molecule has 1 aromatic rings. The molecule has 0 spiro atoms. The highest BCUT2D eigenvalue weighted by molar-refractivity contribution is 5.80. The van der Waals surface area contributed by atoms with Gasteiger partial charge in [-0.15, -0.1) is 0 Å². The highest BCUT2D eigenvalue weighted by Gasteiger charge is 2.19. The molecule has 0 aliphatic heterocycles. The number of aliphatic hydroxyl groups is 1. The lowest BCUT2D eigenvalue weighted by molar-refractivity contribution is -0.141. The number of aliphatic carboxylic acids is 1. The molecule has 0 bridgehead atoms. The van der Waals surface area contributed by atoms with Crippen molar-refractivity contribution in [2.45, 2.75) is 72.1 Å². The molecule has 0 radical (unpaired) electrons. The van der Waals surface area contributed by atoms with E-state index < -0.39 is 12.1 Å². The van der Waals surface area contributed by atoms with E-state index in [4.69, 9.17) is 5.11 Å². The monoisotopic (exact) mass is 392 g/mol. The number of amides is 1. The first-order valence-corrected chi connectivity index (χ1v) is 10.2. The van der Waals surface area contributed by atoms with Crippen molar-refractivity contribution < 1.29 is 19.8 Å². The molecule has 6 nitrogen and oxygen atoms in total. The molecule has 2 unspecified atom stereocenters. The van der Waals surface area contributed by atoms with Crippen LogP contribution in [0, 0.1) is 5.92 Å². The van der Waals surface area contributed by atoms with E-state index in [0.29, 0.717) is 25.0 Å². The van der Waals surface area contributed by atoms with E-state index in [9.17, 15) is 14.7 Å². The van der Waals surface area contributed by atoms with Crippen LogP contribution in [0.3, 0.4) is 0 Å². The minimum atomic E-state index is -0.994. The van der Waals surface area contributed by atoms with Crippen molar-refractivity contribution in [3.63, 3.8) is 0 Å². The van der Waals surface area contributed by atoms with Crippen molar-refractivity contribution in [2.75, 3.05) is 13.1 Å². The van der Waals surface area contributed by atoms with Gasteiger partial charge in [0.1, 0.15) is 0 Å². The molecule has 158 valence electrons. The van der Waals surface area contributed by atoms with Crippen molar-refractivity contribution in [3.8, 4) is 0 Å². The third kappa shape index (κ3) is 9.85. The van der Waals surface area contributed by atoms with Gasteiger partial charge >= 0.3 is 5.97 Å². The van der Waals surface area contributed by atoms with Crippen molar-refractivity contribution in [3.05, 3.63) is 35.4 Å². The van der Waals surface area contributed by atoms with Crippen LogP contribution in [0.1, 0.15) is 58.1 Å². The number of carbonyl (C=O) groups is 2. The Bertz CT molecular complexity index is 618. The van der Waals surface area contributed by atoms with Crippen LogP contribution in [-0.4, -0.2) is 52.2 Å². The van der Waals surface area contributed by atoms with Gasteiger partial charge in [-0.1, -0.05) is 45.0 Å². The molecule has 0 aliphatic rings. The summed E-state index contributed by atoms with van der Waals surface area (Å²) in [6, 6.07) is 8.39. The maximum Gasteiger partial charge on any atom is 0.303 e. The zero-order chi connectivity index (χ0) is 21.1. The van der Waals surface area contributed by atoms with Crippen LogP contribution in [0.4, 0.5) is 0 Å². The first-order valence-electron chi connectivity index (χ1n) is 10.2. The molecular formula is C22H36N2O4. The Morgan fingerprint density at radius 1 is 1.14 bits per heavy atom. The van der Waals surface area contributed by atoms with Gasteiger partial charge in [0.25, 0.3) is 0 Å². The Balaban J connectivity index is 2.82. The molecule has 1 amide bonds. The topological polar surface area (TPSA) is 89.9 Å². The lowest BCUT2D eigenvalue weighted by atomic mass is 10.0. The maximum absolute atomic E-state index is 12.6. The van der Waals surface area contributed by atoms with Gasteiger partial charge < -0.3 is 20.4 Å². The molecule has 0 fully saturated rings. The average molecular weight is 393 g/mol. The molecular weight excluding hydrogens is 356 g/mol. The van der Waals surface area contributed by atoms with Crippen molar-refractivity contribution in [1.29, 1.82) is 0 Å². The Morgan fingerprint density at radius 3 is 2.43 bits per heavy atom. The van der Waals surface area contributed by atoms with Gasteiger partial charge in [-0.05, 0) is 36.8 Å². The van der Waals surface area contributed by atoms with E-state index in [1.807, 2.05) is 19.1 Å². The molecule has 1 rings (SSSR count). The van der Waals surface area contributed by atoms with E-state index >= 15 is 0 Å². The van der Waals surface area contributed by atoms with Gasteiger partial charge in [-0.25, -0.2) is 0 Å². The predicted molar refractivity (Wildman–Crippen MR) is 111 cm³/mol. The number of carbonyl (C=O) groups excluding carboxylic acids is 1. The van der Waals surface area contributed by atoms with Crippen molar-refractivity contribution in [2.24, 2.45) is 5.92 Å². The molecule has 0 aliphatic carbocycles. The van der Waals surface area contributed by atoms with E-state index in [2.05, 4.69) is 38.2 Å². The number of nitrogens with zero attached hydrogens (tertiary/aromatic N) is 1. The second kappa shape index (κ2) is 12.5.